The number of nitrogens with zero attached hydrogens (tertiary/aromatic N) is 1. The van der Waals surface area contributed by atoms with Crippen LogP contribution in [0.15, 0.2) is 30.3 Å². The van der Waals surface area contributed by atoms with E-state index in [9.17, 15) is 0 Å². The van der Waals surface area contributed by atoms with E-state index in [2.05, 4.69) is 40.5 Å². The molecule has 3 rings (SSSR count). The van der Waals surface area contributed by atoms with Crippen molar-refractivity contribution < 1.29 is 4.74 Å². The summed E-state index contributed by atoms with van der Waals surface area (Å²) in [5.74, 6) is 0. The lowest BCUT2D eigenvalue weighted by Crippen LogP contribution is -2.50. The molecule has 3 nitrogen and oxygen atoms in total. The standard InChI is InChI=1S/C15H22N2O/c1-2-4-14(5-3-1)15(12-18-13-15)6-9-17-10-7-16-8-11-17/h1-5,16H,6-13H2. The first-order chi connectivity index (χ1) is 8.89. The molecule has 0 bridgehead atoms. The van der Waals surface area contributed by atoms with Gasteiger partial charge in [-0.15, -0.1) is 0 Å². The third kappa shape index (κ3) is 2.44. The van der Waals surface area contributed by atoms with Gasteiger partial charge >= 0.3 is 0 Å². The highest BCUT2D eigenvalue weighted by Gasteiger charge is 2.40. The van der Waals surface area contributed by atoms with E-state index in [-0.39, 0.29) is 5.41 Å². The molecule has 0 unspecified atom stereocenters. The number of piperazine rings is 1. The SMILES string of the molecule is c1ccc(C2(CCN3CCNCC3)COC2)cc1. The minimum atomic E-state index is 0.284. The maximum absolute atomic E-state index is 5.50. The van der Waals surface area contributed by atoms with Crippen LogP contribution in [-0.4, -0.2) is 50.8 Å². The number of hydrogen-bond acceptors (Lipinski definition) is 3. The van der Waals surface area contributed by atoms with E-state index in [0.29, 0.717) is 0 Å². The molecule has 2 aliphatic heterocycles. The van der Waals surface area contributed by atoms with Crippen LogP contribution < -0.4 is 5.32 Å². The Bertz CT molecular complexity index is 369. The van der Waals surface area contributed by atoms with Crippen LogP contribution in [0.5, 0.6) is 0 Å². The van der Waals surface area contributed by atoms with E-state index in [1.54, 1.807) is 0 Å². The summed E-state index contributed by atoms with van der Waals surface area (Å²) in [6.07, 6.45) is 1.22. The molecule has 1 aromatic carbocycles. The smallest absolute Gasteiger partial charge is 0.0586 e. The van der Waals surface area contributed by atoms with Gasteiger partial charge in [-0.3, -0.25) is 0 Å². The summed E-state index contributed by atoms with van der Waals surface area (Å²) in [6, 6.07) is 10.9. The third-order valence-electron chi connectivity index (χ3n) is 4.26. The average Bonchev–Trinajstić information content (AvgIpc) is 2.40. The minimum absolute atomic E-state index is 0.284. The molecule has 2 heterocycles. The zero-order chi connectivity index (χ0) is 12.3. The normalized spacial score (nSPS) is 23.6. The molecule has 1 aromatic rings. The number of rotatable bonds is 4. The maximum atomic E-state index is 5.50. The van der Waals surface area contributed by atoms with Crippen molar-refractivity contribution in [2.75, 3.05) is 45.9 Å². The highest BCUT2D eigenvalue weighted by atomic mass is 16.5. The van der Waals surface area contributed by atoms with Crippen LogP contribution >= 0.6 is 0 Å². The largest absolute Gasteiger partial charge is 0.379 e. The first-order valence-electron chi connectivity index (χ1n) is 6.95. The summed E-state index contributed by atoms with van der Waals surface area (Å²) >= 11 is 0. The average molecular weight is 246 g/mol. The summed E-state index contributed by atoms with van der Waals surface area (Å²) in [7, 11) is 0. The first-order valence-corrected chi connectivity index (χ1v) is 6.95. The summed E-state index contributed by atoms with van der Waals surface area (Å²) in [6.45, 7) is 7.62. The second-order valence-electron chi connectivity index (χ2n) is 5.48. The Balaban J connectivity index is 1.62. The Morgan fingerprint density at radius 3 is 2.44 bits per heavy atom. The summed E-state index contributed by atoms with van der Waals surface area (Å²) in [4.78, 5) is 2.57. The lowest BCUT2D eigenvalue weighted by molar-refractivity contribution is -0.0679. The molecule has 0 radical (unpaired) electrons. The zero-order valence-corrected chi connectivity index (χ0v) is 10.9. The van der Waals surface area contributed by atoms with Crippen LogP contribution in [0.3, 0.4) is 0 Å². The third-order valence-corrected chi connectivity index (χ3v) is 4.26. The second kappa shape index (κ2) is 5.39. The van der Waals surface area contributed by atoms with E-state index >= 15 is 0 Å². The molecule has 0 aromatic heterocycles. The Morgan fingerprint density at radius 1 is 1.11 bits per heavy atom. The molecule has 2 aliphatic rings. The van der Waals surface area contributed by atoms with Gasteiger partial charge < -0.3 is 15.0 Å². The molecule has 2 saturated heterocycles. The van der Waals surface area contributed by atoms with Crippen molar-refractivity contribution >= 4 is 0 Å². The van der Waals surface area contributed by atoms with Gasteiger partial charge in [0.05, 0.1) is 13.2 Å². The Morgan fingerprint density at radius 2 is 1.83 bits per heavy atom. The van der Waals surface area contributed by atoms with E-state index in [1.807, 2.05) is 0 Å². The topological polar surface area (TPSA) is 24.5 Å². The van der Waals surface area contributed by atoms with Gasteiger partial charge in [0.1, 0.15) is 0 Å². The fraction of sp³-hybridized carbons (Fsp3) is 0.600. The predicted molar refractivity (Wildman–Crippen MR) is 72.9 cm³/mol. The molecule has 2 fully saturated rings. The highest BCUT2D eigenvalue weighted by Crippen LogP contribution is 2.35. The fourth-order valence-electron chi connectivity index (χ4n) is 2.90. The Labute approximate surface area is 109 Å². The number of benzene rings is 1. The predicted octanol–water partition coefficient (Wildman–Crippen LogP) is 1.25. The first kappa shape index (κ1) is 12.2. The number of hydrogen-bond donors (Lipinski definition) is 1. The van der Waals surface area contributed by atoms with Crippen LogP contribution in [0, 0.1) is 0 Å². The van der Waals surface area contributed by atoms with Gasteiger partial charge in [-0.1, -0.05) is 30.3 Å². The van der Waals surface area contributed by atoms with Crippen molar-refractivity contribution in [1.82, 2.24) is 10.2 Å². The second-order valence-corrected chi connectivity index (χ2v) is 5.48. The number of nitrogens with one attached hydrogen (secondary N) is 1. The highest BCUT2D eigenvalue weighted by molar-refractivity contribution is 5.27. The molecule has 0 amide bonds. The molecule has 0 aliphatic carbocycles. The molecule has 98 valence electrons. The summed E-state index contributed by atoms with van der Waals surface area (Å²) < 4.78 is 5.50. The molecule has 3 heteroatoms. The zero-order valence-electron chi connectivity index (χ0n) is 10.9. The summed E-state index contributed by atoms with van der Waals surface area (Å²) in [5, 5.41) is 3.41. The van der Waals surface area contributed by atoms with Gasteiger partial charge in [0.15, 0.2) is 0 Å². The van der Waals surface area contributed by atoms with Gasteiger partial charge in [-0.25, -0.2) is 0 Å². The van der Waals surface area contributed by atoms with Crippen molar-refractivity contribution in [3.8, 4) is 0 Å². The molecule has 0 spiro atoms. The van der Waals surface area contributed by atoms with Crippen LogP contribution in [0.1, 0.15) is 12.0 Å². The van der Waals surface area contributed by atoms with Gasteiger partial charge in [-0.05, 0) is 18.5 Å². The van der Waals surface area contributed by atoms with Gasteiger partial charge in [-0.2, -0.15) is 0 Å². The lowest BCUT2D eigenvalue weighted by Gasteiger charge is -2.43. The van der Waals surface area contributed by atoms with Crippen molar-refractivity contribution in [2.24, 2.45) is 0 Å². The van der Waals surface area contributed by atoms with Crippen LogP contribution in [-0.2, 0) is 10.2 Å². The fourth-order valence-corrected chi connectivity index (χ4v) is 2.90. The van der Waals surface area contributed by atoms with Crippen molar-refractivity contribution in [3.63, 3.8) is 0 Å². The van der Waals surface area contributed by atoms with Crippen molar-refractivity contribution in [3.05, 3.63) is 35.9 Å². The minimum Gasteiger partial charge on any atom is -0.379 e. The quantitative estimate of drug-likeness (QED) is 0.865. The van der Waals surface area contributed by atoms with Gasteiger partial charge in [0, 0.05) is 31.6 Å². The monoisotopic (exact) mass is 246 g/mol. The van der Waals surface area contributed by atoms with Crippen molar-refractivity contribution in [1.29, 1.82) is 0 Å². The van der Waals surface area contributed by atoms with Crippen molar-refractivity contribution in [2.45, 2.75) is 11.8 Å². The van der Waals surface area contributed by atoms with Crippen LogP contribution in [0.4, 0.5) is 0 Å². The van der Waals surface area contributed by atoms with E-state index < -0.39 is 0 Å². The van der Waals surface area contributed by atoms with Gasteiger partial charge in [0.2, 0.25) is 0 Å². The maximum Gasteiger partial charge on any atom is 0.0586 e. The molecular weight excluding hydrogens is 224 g/mol. The Kier molecular flexibility index (Phi) is 3.64. The molecule has 0 atom stereocenters. The van der Waals surface area contributed by atoms with E-state index in [1.165, 1.54) is 31.6 Å². The van der Waals surface area contributed by atoms with E-state index in [0.717, 1.165) is 26.3 Å². The van der Waals surface area contributed by atoms with Gasteiger partial charge in [0.25, 0.3) is 0 Å². The molecular formula is C15H22N2O. The summed E-state index contributed by atoms with van der Waals surface area (Å²) in [5.41, 5.74) is 1.73. The molecule has 1 N–H and O–H groups in total. The number of ether oxygens (including phenoxy) is 1. The van der Waals surface area contributed by atoms with Crippen LogP contribution in [0.2, 0.25) is 0 Å². The molecule has 0 saturated carbocycles. The van der Waals surface area contributed by atoms with Crippen LogP contribution in [0.25, 0.3) is 0 Å². The molecule has 18 heavy (non-hydrogen) atoms. The lowest BCUT2D eigenvalue weighted by atomic mass is 9.76. The Hall–Kier alpha value is -0.900. The van der Waals surface area contributed by atoms with E-state index in [4.69, 9.17) is 4.74 Å².